The fourth-order valence-corrected chi connectivity index (χ4v) is 4.31. The maximum Gasteiger partial charge on any atom is 0.256 e. The van der Waals surface area contributed by atoms with Crippen molar-refractivity contribution in [3.8, 4) is 5.75 Å². The van der Waals surface area contributed by atoms with E-state index in [0.717, 1.165) is 5.56 Å². The molecule has 5 nitrogen and oxygen atoms in total. The molecule has 0 aliphatic carbocycles. The van der Waals surface area contributed by atoms with E-state index in [0.29, 0.717) is 28.4 Å². The lowest BCUT2D eigenvalue weighted by Crippen LogP contribution is -2.13. The Morgan fingerprint density at radius 2 is 1.65 bits per heavy atom. The van der Waals surface area contributed by atoms with Gasteiger partial charge in [0.25, 0.3) is 5.91 Å². The summed E-state index contributed by atoms with van der Waals surface area (Å²) in [4.78, 5) is 12.8. The topological polar surface area (TPSA) is 56.2 Å². The zero-order valence-electron chi connectivity index (χ0n) is 17.4. The number of halogens is 5. The summed E-state index contributed by atoms with van der Waals surface area (Å²) >= 11 is 24.5. The Hall–Kier alpha value is -2.77. The molecule has 0 aliphatic rings. The molecule has 0 saturated heterocycles. The predicted octanol–water partition coefficient (Wildman–Crippen LogP) is 7.52. The van der Waals surface area contributed by atoms with E-state index in [1.54, 1.807) is 42.6 Å². The minimum absolute atomic E-state index is 0.130. The average molecular weight is 539 g/mol. The molecule has 0 atom stereocenters. The molecule has 0 aliphatic heterocycles. The van der Waals surface area contributed by atoms with Gasteiger partial charge in [-0.25, -0.2) is 4.39 Å². The van der Waals surface area contributed by atoms with Gasteiger partial charge in [0.05, 0.1) is 16.6 Å². The fraction of sp³-hybridized carbons (Fsp3) is 0.0833. The number of hydrogen-bond donors (Lipinski definition) is 1. The van der Waals surface area contributed by atoms with Crippen LogP contribution in [0.25, 0.3) is 0 Å². The first kappa shape index (κ1) is 24.4. The summed E-state index contributed by atoms with van der Waals surface area (Å²) in [6.45, 7) is 0.432. The number of nitrogens with zero attached hydrogens (tertiary/aromatic N) is 2. The van der Waals surface area contributed by atoms with E-state index >= 15 is 0 Å². The van der Waals surface area contributed by atoms with Gasteiger partial charge in [0.2, 0.25) is 0 Å². The lowest BCUT2D eigenvalue weighted by Gasteiger charge is -2.11. The van der Waals surface area contributed by atoms with Crippen LogP contribution in [-0.2, 0) is 13.2 Å². The third-order valence-corrected chi connectivity index (χ3v) is 5.77. The van der Waals surface area contributed by atoms with Crippen molar-refractivity contribution in [2.45, 2.75) is 13.2 Å². The van der Waals surface area contributed by atoms with Crippen molar-refractivity contribution in [1.29, 1.82) is 0 Å². The Balaban J connectivity index is 1.43. The summed E-state index contributed by atoms with van der Waals surface area (Å²) in [5, 5.41) is 8.22. The fourth-order valence-electron chi connectivity index (χ4n) is 3.19. The number of ether oxygens (including phenoxy) is 1. The molecule has 10 heteroatoms. The number of hydrogen-bond acceptors (Lipinski definition) is 3. The number of rotatable bonds is 7. The highest BCUT2D eigenvalue weighted by atomic mass is 35.5. The van der Waals surface area contributed by atoms with Gasteiger partial charge in [0, 0.05) is 16.8 Å². The van der Waals surface area contributed by atoms with Crippen molar-refractivity contribution in [2.24, 2.45) is 0 Å². The van der Waals surface area contributed by atoms with Crippen molar-refractivity contribution in [3.05, 3.63) is 109 Å². The van der Waals surface area contributed by atoms with Gasteiger partial charge < -0.3 is 10.1 Å². The lowest BCUT2D eigenvalue weighted by molar-refractivity contribution is 0.102. The summed E-state index contributed by atoms with van der Waals surface area (Å²) in [6.07, 6.45) is 1.56. The van der Waals surface area contributed by atoms with Crippen LogP contribution in [0.4, 0.5) is 10.2 Å². The first-order valence-corrected chi connectivity index (χ1v) is 11.4. The first-order valence-electron chi connectivity index (χ1n) is 9.93. The molecule has 1 amide bonds. The highest BCUT2D eigenvalue weighted by molar-refractivity contribution is 6.40. The normalized spacial score (nSPS) is 10.9. The Bertz CT molecular complexity index is 1340. The van der Waals surface area contributed by atoms with Crippen LogP contribution in [0.1, 0.15) is 21.5 Å². The van der Waals surface area contributed by atoms with E-state index in [1.165, 1.54) is 28.9 Å². The highest BCUT2D eigenvalue weighted by Gasteiger charge is 2.14. The summed E-state index contributed by atoms with van der Waals surface area (Å²) in [6, 6.07) is 16.1. The third-order valence-electron chi connectivity index (χ3n) is 4.72. The molecule has 1 heterocycles. The van der Waals surface area contributed by atoms with Gasteiger partial charge >= 0.3 is 0 Å². The Morgan fingerprint density at radius 1 is 0.941 bits per heavy atom. The molecule has 1 N–H and O–H groups in total. The molecular formula is C24H16Cl4FN3O2. The zero-order valence-corrected chi connectivity index (χ0v) is 20.4. The van der Waals surface area contributed by atoms with Crippen LogP contribution >= 0.6 is 46.4 Å². The van der Waals surface area contributed by atoms with Gasteiger partial charge in [-0.1, -0.05) is 70.7 Å². The van der Waals surface area contributed by atoms with E-state index in [4.69, 9.17) is 51.1 Å². The maximum atomic E-state index is 13.4. The lowest BCUT2D eigenvalue weighted by atomic mass is 10.1. The smallest absolute Gasteiger partial charge is 0.256 e. The number of carbonyl (C=O) groups excluding carboxylic acids is 1. The molecule has 3 aromatic carbocycles. The standard InChI is InChI=1S/C24H16Cl4FN3O2/c25-17-9-19(26)22(20(27)10-17)34-13-15-4-1-5-16(7-15)24(33)30-23-21(28)12-32(31-23)11-14-3-2-6-18(29)8-14/h1-10,12H,11,13H2,(H,30,31,33). The van der Waals surface area contributed by atoms with E-state index in [-0.39, 0.29) is 33.3 Å². The molecule has 0 spiro atoms. The predicted molar refractivity (Wildman–Crippen MR) is 133 cm³/mol. The SMILES string of the molecule is O=C(Nc1nn(Cc2cccc(F)c2)cc1Cl)c1cccc(COc2c(Cl)cc(Cl)cc2Cl)c1. The van der Waals surface area contributed by atoms with Crippen molar-refractivity contribution in [3.63, 3.8) is 0 Å². The van der Waals surface area contributed by atoms with E-state index in [9.17, 15) is 9.18 Å². The van der Waals surface area contributed by atoms with E-state index in [1.807, 2.05) is 0 Å². The largest absolute Gasteiger partial charge is 0.486 e. The second-order valence-corrected chi connectivity index (χ2v) is 8.95. The van der Waals surface area contributed by atoms with Crippen LogP contribution in [0.2, 0.25) is 20.1 Å². The van der Waals surface area contributed by atoms with Crippen LogP contribution in [0.3, 0.4) is 0 Å². The number of anilines is 1. The third kappa shape index (κ3) is 6.02. The van der Waals surface area contributed by atoms with Gasteiger partial charge in [-0.2, -0.15) is 5.10 Å². The molecule has 0 fully saturated rings. The van der Waals surface area contributed by atoms with Crippen LogP contribution in [-0.4, -0.2) is 15.7 Å². The van der Waals surface area contributed by atoms with E-state index in [2.05, 4.69) is 10.4 Å². The van der Waals surface area contributed by atoms with Crippen LogP contribution < -0.4 is 10.1 Å². The van der Waals surface area contributed by atoms with Crippen molar-refractivity contribution < 1.29 is 13.9 Å². The number of nitrogens with one attached hydrogen (secondary N) is 1. The molecule has 4 rings (SSSR count). The minimum Gasteiger partial charge on any atom is -0.486 e. The second-order valence-electron chi connectivity index (χ2n) is 7.29. The van der Waals surface area contributed by atoms with Crippen molar-refractivity contribution in [1.82, 2.24) is 9.78 Å². The Labute approximate surface area is 215 Å². The summed E-state index contributed by atoms with van der Waals surface area (Å²) in [5.41, 5.74) is 1.81. The number of amides is 1. The minimum atomic E-state index is -0.401. The molecule has 1 aromatic heterocycles. The molecule has 34 heavy (non-hydrogen) atoms. The highest BCUT2D eigenvalue weighted by Crippen LogP contribution is 2.36. The molecule has 174 valence electrons. The molecule has 0 unspecified atom stereocenters. The van der Waals surface area contributed by atoms with Crippen LogP contribution in [0.5, 0.6) is 5.75 Å². The number of benzene rings is 3. The zero-order chi connectivity index (χ0) is 24.2. The molecule has 0 bridgehead atoms. The van der Waals surface area contributed by atoms with Crippen molar-refractivity contribution >= 4 is 58.1 Å². The number of carbonyl (C=O) groups is 1. The van der Waals surface area contributed by atoms with Crippen molar-refractivity contribution in [2.75, 3.05) is 5.32 Å². The Morgan fingerprint density at radius 3 is 2.38 bits per heavy atom. The summed E-state index contributed by atoms with van der Waals surface area (Å²) in [7, 11) is 0. The average Bonchev–Trinajstić information content (AvgIpc) is 3.11. The molecule has 0 radical (unpaired) electrons. The summed E-state index contributed by atoms with van der Waals surface area (Å²) in [5.74, 6) is -0.237. The quantitative estimate of drug-likeness (QED) is 0.265. The first-order chi connectivity index (χ1) is 16.3. The Kier molecular flexibility index (Phi) is 7.63. The monoisotopic (exact) mass is 537 g/mol. The second kappa shape index (κ2) is 10.7. The van der Waals surface area contributed by atoms with Crippen LogP contribution in [0.15, 0.2) is 66.9 Å². The van der Waals surface area contributed by atoms with Gasteiger partial charge in [-0.05, 0) is 47.5 Å². The van der Waals surface area contributed by atoms with Gasteiger partial charge in [-0.3, -0.25) is 9.48 Å². The van der Waals surface area contributed by atoms with Crippen LogP contribution in [0, 0.1) is 5.82 Å². The van der Waals surface area contributed by atoms with Gasteiger partial charge in [0.15, 0.2) is 11.6 Å². The van der Waals surface area contributed by atoms with Gasteiger partial charge in [-0.15, -0.1) is 0 Å². The van der Waals surface area contributed by atoms with Gasteiger partial charge in [0.1, 0.15) is 17.4 Å². The summed E-state index contributed by atoms with van der Waals surface area (Å²) < 4.78 is 20.7. The number of aromatic nitrogens is 2. The maximum absolute atomic E-state index is 13.4. The molecular weight excluding hydrogens is 523 g/mol. The molecule has 4 aromatic rings. The van der Waals surface area contributed by atoms with E-state index < -0.39 is 5.91 Å². The molecule has 0 saturated carbocycles.